The number of carbonyl (C=O) groups is 1. The molecule has 5 nitrogen and oxygen atoms in total. The number of aromatic nitrogens is 2. The number of nitrogens with zero attached hydrogens (tertiary/aromatic N) is 1. The Morgan fingerprint density at radius 2 is 2.05 bits per heavy atom. The number of amides is 1. The highest BCUT2D eigenvalue weighted by Gasteiger charge is 2.23. The Kier molecular flexibility index (Phi) is 4.11. The summed E-state index contributed by atoms with van der Waals surface area (Å²) >= 11 is 4.85. The Morgan fingerprint density at radius 3 is 2.58 bits per heavy atom. The average Bonchev–Trinajstić information content (AvgIpc) is 2.82. The first kappa shape index (κ1) is 13.5. The number of H-pyrrole nitrogens is 1. The van der Waals surface area contributed by atoms with Crippen molar-refractivity contribution >= 4 is 18.1 Å². The lowest BCUT2D eigenvalue weighted by Gasteiger charge is -2.18. The molecule has 0 aliphatic rings. The summed E-state index contributed by atoms with van der Waals surface area (Å²) in [4.78, 5) is 12.3. The number of benzene rings is 1. The van der Waals surface area contributed by atoms with Crippen LogP contribution in [0.2, 0.25) is 0 Å². The molecule has 0 saturated carbocycles. The molecular formula is C13H15N3O2S. The summed E-state index contributed by atoms with van der Waals surface area (Å²) in [6.45, 7) is 3.95. The van der Waals surface area contributed by atoms with Gasteiger partial charge in [-0.1, -0.05) is 32.0 Å². The summed E-state index contributed by atoms with van der Waals surface area (Å²) in [6, 6.07) is 8.70. The highest BCUT2D eigenvalue weighted by Crippen LogP contribution is 2.20. The zero-order chi connectivity index (χ0) is 13.8. The molecule has 0 bridgehead atoms. The number of nitrogens with one attached hydrogen (secondary N) is 2. The maximum Gasteiger partial charge on any atom is 0.284 e. The molecule has 1 heterocycles. The van der Waals surface area contributed by atoms with Crippen LogP contribution in [0.3, 0.4) is 0 Å². The lowest BCUT2D eigenvalue weighted by atomic mass is 10.0. The number of hydrogen-bond acceptors (Lipinski definition) is 4. The van der Waals surface area contributed by atoms with E-state index in [1.165, 1.54) is 0 Å². The van der Waals surface area contributed by atoms with Crippen LogP contribution >= 0.6 is 12.2 Å². The van der Waals surface area contributed by atoms with Crippen molar-refractivity contribution in [2.45, 2.75) is 19.9 Å². The summed E-state index contributed by atoms with van der Waals surface area (Å²) in [7, 11) is 0. The molecule has 6 heteroatoms. The van der Waals surface area contributed by atoms with Crippen LogP contribution in [0.1, 0.15) is 36.1 Å². The molecule has 1 atom stereocenters. The van der Waals surface area contributed by atoms with Crippen molar-refractivity contribution in [3.05, 3.63) is 46.6 Å². The molecule has 2 rings (SSSR count). The molecule has 2 N–H and O–H groups in total. The van der Waals surface area contributed by atoms with Crippen molar-refractivity contribution in [3.63, 3.8) is 0 Å². The minimum absolute atomic E-state index is 0.133. The molecule has 0 fully saturated rings. The van der Waals surface area contributed by atoms with Crippen molar-refractivity contribution in [1.29, 1.82) is 0 Å². The van der Waals surface area contributed by atoms with Gasteiger partial charge in [0.15, 0.2) is 0 Å². The van der Waals surface area contributed by atoms with Crippen molar-refractivity contribution < 1.29 is 9.21 Å². The fourth-order valence-corrected chi connectivity index (χ4v) is 1.83. The zero-order valence-electron chi connectivity index (χ0n) is 10.7. The SMILES string of the molecule is CC(C)[C@H](NC(=O)c1ccccc1)c1n[nH]c(=S)o1. The molecule has 0 saturated heterocycles. The van der Waals surface area contributed by atoms with E-state index in [0.29, 0.717) is 11.5 Å². The second-order valence-electron chi connectivity index (χ2n) is 4.51. The van der Waals surface area contributed by atoms with Gasteiger partial charge in [-0.25, -0.2) is 5.10 Å². The fraction of sp³-hybridized carbons (Fsp3) is 0.308. The second kappa shape index (κ2) is 5.79. The van der Waals surface area contributed by atoms with E-state index in [2.05, 4.69) is 15.5 Å². The van der Waals surface area contributed by atoms with E-state index in [4.69, 9.17) is 16.6 Å². The Hall–Kier alpha value is -1.95. The van der Waals surface area contributed by atoms with Gasteiger partial charge >= 0.3 is 0 Å². The fourth-order valence-electron chi connectivity index (χ4n) is 1.70. The van der Waals surface area contributed by atoms with Crippen LogP contribution < -0.4 is 5.32 Å². The van der Waals surface area contributed by atoms with Gasteiger partial charge in [-0.05, 0) is 30.3 Å². The normalized spacial score (nSPS) is 12.4. The van der Waals surface area contributed by atoms with E-state index in [1.807, 2.05) is 32.0 Å². The Bertz CT molecular complexity index is 604. The quantitative estimate of drug-likeness (QED) is 0.843. The van der Waals surface area contributed by atoms with Crippen LogP contribution in [0, 0.1) is 10.8 Å². The van der Waals surface area contributed by atoms with Crippen molar-refractivity contribution in [2.75, 3.05) is 0 Å². The van der Waals surface area contributed by atoms with Crippen LogP contribution in [0.4, 0.5) is 0 Å². The van der Waals surface area contributed by atoms with Gasteiger partial charge < -0.3 is 9.73 Å². The van der Waals surface area contributed by atoms with Gasteiger partial charge in [0.25, 0.3) is 10.7 Å². The molecule has 0 spiro atoms. The number of aromatic amines is 1. The van der Waals surface area contributed by atoms with Gasteiger partial charge in [0, 0.05) is 5.56 Å². The van der Waals surface area contributed by atoms with Crippen LogP contribution in [-0.2, 0) is 0 Å². The van der Waals surface area contributed by atoms with Crippen LogP contribution in [0.5, 0.6) is 0 Å². The number of carbonyl (C=O) groups excluding carboxylic acids is 1. The first-order valence-corrected chi connectivity index (χ1v) is 6.40. The molecule has 0 aliphatic carbocycles. The molecule has 1 amide bonds. The minimum Gasteiger partial charge on any atom is -0.412 e. The summed E-state index contributed by atoms with van der Waals surface area (Å²) in [6.07, 6.45) is 0. The zero-order valence-corrected chi connectivity index (χ0v) is 11.5. The van der Waals surface area contributed by atoms with E-state index in [9.17, 15) is 4.79 Å². The first-order chi connectivity index (χ1) is 9.08. The van der Waals surface area contributed by atoms with Gasteiger partial charge in [0.05, 0.1) is 0 Å². The molecule has 0 aliphatic heterocycles. The van der Waals surface area contributed by atoms with Gasteiger partial charge in [0.2, 0.25) is 5.89 Å². The van der Waals surface area contributed by atoms with Gasteiger partial charge in [-0.3, -0.25) is 4.79 Å². The predicted molar refractivity (Wildman–Crippen MR) is 73.2 cm³/mol. The smallest absolute Gasteiger partial charge is 0.284 e. The van der Waals surface area contributed by atoms with E-state index in [0.717, 1.165) is 0 Å². The van der Waals surface area contributed by atoms with E-state index >= 15 is 0 Å². The summed E-state index contributed by atoms with van der Waals surface area (Å²) in [5.41, 5.74) is 0.599. The third-order valence-corrected chi connectivity index (χ3v) is 2.88. The standard InChI is InChI=1S/C13H15N3O2S/c1-8(2)10(12-15-16-13(19)18-12)14-11(17)9-6-4-3-5-7-9/h3-8,10H,1-2H3,(H,14,17)(H,16,19)/t10-/m0/s1. The Labute approximate surface area is 116 Å². The highest BCUT2D eigenvalue weighted by atomic mass is 32.1. The van der Waals surface area contributed by atoms with Crippen molar-refractivity contribution in [1.82, 2.24) is 15.5 Å². The van der Waals surface area contributed by atoms with E-state index < -0.39 is 0 Å². The van der Waals surface area contributed by atoms with Crippen LogP contribution in [0.25, 0.3) is 0 Å². The number of rotatable bonds is 4. The van der Waals surface area contributed by atoms with Crippen molar-refractivity contribution in [3.8, 4) is 0 Å². The first-order valence-electron chi connectivity index (χ1n) is 5.99. The van der Waals surface area contributed by atoms with Gasteiger partial charge in [-0.2, -0.15) is 0 Å². The van der Waals surface area contributed by atoms with Crippen LogP contribution in [-0.4, -0.2) is 16.1 Å². The maximum absolute atomic E-state index is 12.1. The molecule has 100 valence electrons. The van der Waals surface area contributed by atoms with Gasteiger partial charge in [0.1, 0.15) is 6.04 Å². The maximum atomic E-state index is 12.1. The van der Waals surface area contributed by atoms with Gasteiger partial charge in [-0.15, -0.1) is 5.10 Å². The molecule has 19 heavy (non-hydrogen) atoms. The van der Waals surface area contributed by atoms with Crippen molar-refractivity contribution in [2.24, 2.45) is 5.92 Å². The molecular weight excluding hydrogens is 262 g/mol. The van der Waals surface area contributed by atoms with E-state index in [-0.39, 0.29) is 22.7 Å². The monoisotopic (exact) mass is 277 g/mol. The predicted octanol–water partition coefficient (Wildman–Crippen LogP) is 2.86. The third-order valence-electron chi connectivity index (χ3n) is 2.71. The number of hydrogen-bond donors (Lipinski definition) is 2. The Balaban J connectivity index is 2.18. The Morgan fingerprint density at radius 1 is 1.37 bits per heavy atom. The molecule has 0 unspecified atom stereocenters. The lowest BCUT2D eigenvalue weighted by Crippen LogP contribution is -2.32. The third kappa shape index (κ3) is 3.29. The summed E-state index contributed by atoms with van der Waals surface area (Å²) in [5.74, 6) is 0.363. The summed E-state index contributed by atoms with van der Waals surface area (Å²) < 4.78 is 5.28. The van der Waals surface area contributed by atoms with Crippen LogP contribution in [0.15, 0.2) is 34.7 Å². The largest absolute Gasteiger partial charge is 0.412 e. The molecule has 1 aromatic carbocycles. The highest BCUT2D eigenvalue weighted by molar-refractivity contribution is 7.71. The molecule has 2 aromatic rings. The second-order valence-corrected chi connectivity index (χ2v) is 4.88. The summed E-state index contributed by atoms with van der Waals surface area (Å²) in [5, 5.41) is 9.44. The lowest BCUT2D eigenvalue weighted by molar-refractivity contribution is 0.0916. The minimum atomic E-state index is -0.319. The average molecular weight is 277 g/mol. The molecule has 0 radical (unpaired) electrons. The molecule has 1 aromatic heterocycles. The topological polar surface area (TPSA) is 70.9 Å². The van der Waals surface area contributed by atoms with E-state index in [1.54, 1.807) is 12.1 Å².